The molecule has 0 aromatic carbocycles. The second kappa shape index (κ2) is 6.46. The number of hydrogen-bond acceptors (Lipinski definition) is 3. The minimum atomic E-state index is -0.826. The van der Waals surface area contributed by atoms with Crippen LogP contribution in [0.4, 0.5) is 4.79 Å². The van der Waals surface area contributed by atoms with E-state index in [4.69, 9.17) is 9.84 Å². The second-order valence-corrected chi connectivity index (χ2v) is 6.84. The van der Waals surface area contributed by atoms with E-state index in [0.29, 0.717) is 0 Å². The highest BCUT2D eigenvalue weighted by Gasteiger charge is 2.40. The Balaban J connectivity index is 2.78. The summed E-state index contributed by atoms with van der Waals surface area (Å²) in [5, 5.41) is 12.0. The number of aliphatic carboxylic acids is 1. The van der Waals surface area contributed by atoms with Crippen LogP contribution in [0.15, 0.2) is 0 Å². The van der Waals surface area contributed by atoms with Gasteiger partial charge in [-0.05, 0) is 39.5 Å². The van der Waals surface area contributed by atoms with E-state index < -0.39 is 23.2 Å². The molecule has 1 aliphatic carbocycles. The Morgan fingerprint density at radius 1 is 1.25 bits per heavy atom. The molecule has 0 aromatic heterocycles. The minimum absolute atomic E-state index is 0.0653. The third-order valence-electron chi connectivity index (χ3n) is 3.92. The Labute approximate surface area is 121 Å². The highest BCUT2D eigenvalue weighted by Crippen LogP contribution is 2.36. The topological polar surface area (TPSA) is 75.6 Å². The Bertz CT molecular complexity index is 353. The molecule has 0 spiro atoms. The first kappa shape index (κ1) is 16.8. The van der Waals surface area contributed by atoms with Crippen molar-refractivity contribution < 1.29 is 19.4 Å². The number of carbonyl (C=O) groups is 2. The fraction of sp³-hybridized carbons (Fsp3) is 0.867. The fourth-order valence-corrected chi connectivity index (χ4v) is 2.89. The van der Waals surface area contributed by atoms with Gasteiger partial charge in [-0.15, -0.1) is 0 Å². The summed E-state index contributed by atoms with van der Waals surface area (Å²) in [5.41, 5.74) is -0.991. The maximum atomic E-state index is 12.0. The van der Waals surface area contributed by atoms with Crippen LogP contribution in [-0.4, -0.2) is 28.3 Å². The monoisotopic (exact) mass is 285 g/mol. The lowest BCUT2D eigenvalue weighted by molar-refractivity contribution is -0.138. The Hall–Kier alpha value is -1.26. The molecule has 1 atom stereocenters. The molecule has 2 N–H and O–H groups in total. The molecule has 0 bridgehead atoms. The van der Waals surface area contributed by atoms with Gasteiger partial charge in [0.2, 0.25) is 0 Å². The molecule has 0 saturated heterocycles. The van der Waals surface area contributed by atoms with Crippen molar-refractivity contribution >= 4 is 12.1 Å². The first-order chi connectivity index (χ1) is 9.15. The summed E-state index contributed by atoms with van der Waals surface area (Å²) >= 11 is 0. The molecule has 0 aromatic rings. The number of carboxylic acid groups (broad SMARTS) is 1. The highest BCUT2D eigenvalue weighted by molar-refractivity contribution is 5.70. The highest BCUT2D eigenvalue weighted by atomic mass is 16.6. The van der Waals surface area contributed by atoms with E-state index >= 15 is 0 Å². The van der Waals surface area contributed by atoms with Crippen LogP contribution in [0.2, 0.25) is 0 Å². The molecule has 1 unspecified atom stereocenters. The number of ether oxygens (including phenoxy) is 1. The Morgan fingerprint density at radius 3 is 2.25 bits per heavy atom. The molecule has 116 valence electrons. The maximum Gasteiger partial charge on any atom is 0.408 e. The molecule has 0 aliphatic heterocycles. The van der Waals surface area contributed by atoms with E-state index in [1.807, 2.05) is 27.7 Å². The maximum absolute atomic E-state index is 12.0. The SMILES string of the molecule is CC(CC(=O)O)C1(NC(=O)OC(C)(C)C)CCCCC1. The van der Waals surface area contributed by atoms with Gasteiger partial charge < -0.3 is 15.2 Å². The first-order valence-corrected chi connectivity index (χ1v) is 7.38. The quantitative estimate of drug-likeness (QED) is 0.830. The van der Waals surface area contributed by atoms with Crippen molar-refractivity contribution in [3.8, 4) is 0 Å². The van der Waals surface area contributed by atoms with Gasteiger partial charge in [-0.2, -0.15) is 0 Å². The molecule has 0 heterocycles. The lowest BCUT2D eigenvalue weighted by Crippen LogP contribution is -2.55. The third-order valence-corrected chi connectivity index (χ3v) is 3.92. The first-order valence-electron chi connectivity index (χ1n) is 7.38. The predicted octanol–water partition coefficient (Wildman–Crippen LogP) is 3.32. The van der Waals surface area contributed by atoms with Gasteiger partial charge in [-0.25, -0.2) is 4.79 Å². The zero-order valence-electron chi connectivity index (χ0n) is 13.0. The molecule has 0 radical (unpaired) electrons. The Kier molecular flexibility index (Phi) is 5.42. The lowest BCUT2D eigenvalue weighted by Gasteiger charge is -2.42. The van der Waals surface area contributed by atoms with Gasteiger partial charge in [0.15, 0.2) is 0 Å². The van der Waals surface area contributed by atoms with Gasteiger partial charge in [0.25, 0.3) is 0 Å². The number of rotatable bonds is 4. The second-order valence-electron chi connectivity index (χ2n) is 6.84. The van der Waals surface area contributed by atoms with Crippen LogP contribution in [0.3, 0.4) is 0 Å². The van der Waals surface area contributed by atoms with E-state index in [1.54, 1.807) is 0 Å². The van der Waals surface area contributed by atoms with Crippen LogP contribution in [0, 0.1) is 5.92 Å². The van der Waals surface area contributed by atoms with Crippen molar-refractivity contribution in [1.29, 1.82) is 0 Å². The summed E-state index contributed by atoms with van der Waals surface area (Å²) in [7, 11) is 0. The fourth-order valence-electron chi connectivity index (χ4n) is 2.89. The van der Waals surface area contributed by atoms with E-state index in [1.165, 1.54) is 0 Å². The molecule has 5 heteroatoms. The number of amides is 1. The summed E-state index contributed by atoms with van der Waals surface area (Å²) in [6.07, 6.45) is 4.42. The average molecular weight is 285 g/mol. The predicted molar refractivity (Wildman–Crippen MR) is 76.6 cm³/mol. The lowest BCUT2D eigenvalue weighted by atomic mass is 9.72. The van der Waals surface area contributed by atoms with Crippen molar-refractivity contribution in [3.63, 3.8) is 0 Å². The summed E-state index contributed by atoms with van der Waals surface area (Å²) in [4.78, 5) is 23.0. The zero-order valence-corrected chi connectivity index (χ0v) is 13.0. The molecule has 1 rings (SSSR count). The smallest absolute Gasteiger partial charge is 0.408 e. The molecule has 1 fully saturated rings. The van der Waals surface area contributed by atoms with Gasteiger partial charge >= 0.3 is 12.1 Å². The van der Waals surface area contributed by atoms with Crippen molar-refractivity contribution in [1.82, 2.24) is 5.32 Å². The third kappa shape index (κ3) is 5.02. The number of carbonyl (C=O) groups excluding carboxylic acids is 1. The summed E-state index contributed by atoms with van der Waals surface area (Å²) in [6.45, 7) is 7.36. The normalized spacial score (nSPS) is 20.0. The van der Waals surface area contributed by atoms with E-state index in [2.05, 4.69) is 5.32 Å². The van der Waals surface area contributed by atoms with Crippen LogP contribution in [0.1, 0.15) is 66.2 Å². The van der Waals surface area contributed by atoms with E-state index in [-0.39, 0.29) is 12.3 Å². The van der Waals surface area contributed by atoms with Crippen molar-refractivity contribution in [2.45, 2.75) is 77.4 Å². The summed E-state index contributed by atoms with van der Waals surface area (Å²) in [6, 6.07) is 0. The minimum Gasteiger partial charge on any atom is -0.481 e. The summed E-state index contributed by atoms with van der Waals surface area (Å²) in [5.74, 6) is -0.929. The Morgan fingerprint density at radius 2 is 1.80 bits per heavy atom. The van der Waals surface area contributed by atoms with Gasteiger partial charge in [-0.1, -0.05) is 26.2 Å². The zero-order chi connectivity index (χ0) is 15.4. The van der Waals surface area contributed by atoms with Crippen molar-refractivity contribution in [3.05, 3.63) is 0 Å². The van der Waals surface area contributed by atoms with Crippen LogP contribution < -0.4 is 5.32 Å². The average Bonchev–Trinajstić information content (AvgIpc) is 2.26. The van der Waals surface area contributed by atoms with Crippen LogP contribution in [0.25, 0.3) is 0 Å². The molecule has 1 saturated carbocycles. The van der Waals surface area contributed by atoms with Crippen LogP contribution in [-0.2, 0) is 9.53 Å². The molecule has 5 nitrogen and oxygen atoms in total. The number of nitrogens with one attached hydrogen (secondary N) is 1. The van der Waals surface area contributed by atoms with Gasteiger partial charge in [0.05, 0.1) is 6.42 Å². The molecule has 1 amide bonds. The van der Waals surface area contributed by atoms with Crippen molar-refractivity contribution in [2.24, 2.45) is 5.92 Å². The molecule has 20 heavy (non-hydrogen) atoms. The van der Waals surface area contributed by atoms with Gasteiger partial charge in [0, 0.05) is 5.54 Å². The number of alkyl carbamates (subject to hydrolysis) is 1. The van der Waals surface area contributed by atoms with Gasteiger partial charge in [-0.3, -0.25) is 4.79 Å². The molecular weight excluding hydrogens is 258 g/mol. The number of carboxylic acids is 1. The molecule has 1 aliphatic rings. The molecular formula is C15H27NO4. The summed E-state index contributed by atoms with van der Waals surface area (Å²) < 4.78 is 5.32. The van der Waals surface area contributed by atoms with Gasteiger partial charge in [0.1, 0.15) is 5.60 Å². The standard InChI is InChI=1S/C15H27NO4/c1-11(10-12(17)18)15(8-6-5-7-9-15)16-13(19)20-14(2,3)4/h11H,5-10H2,1-4H3,(H,16,19)(H,17,18). The number of hydrogen-bond donors (Lipinski definition) is 2. The van der Waals surface area contributed by atoms with Crippen LogP contribution in [0.5, 0.6) is 0 Å². The van der Waals surface area contributed by atoms with Crippen LogP contribution >= 0.6 is 0 Å². The van der Waals surface area contributed by atoms with E-state index in [0.717, 1.165) is 32.1 Å². The van der Waals surface area contributed by atoms with E-state index in [9.17, 15) is 9.59 Å². The van der Waals surface area contributed by atoms with Crippen molar-refractivity contribution in [2.75, 3.05) is 0 Å². The largest absolute Gasteiger partial charge is 0.481 e.